The van der Waals surface area contributed by atoms with Crippen molar-refractivity contribution in [3.05, 3.63) is 170 Å². The van der Waals surface area contributed by atoms with Crippen molar-refractivity contribution in [3.8, 4) is 39.9 Å². The highest BCUT2D eigenvalue weighted by Gasteiger charge is 2.23. The molecule has 6 heteroatoms. The molecular weight excluding hydrogens is 677 g/mol. The number of furan rings is 2. The molecule has 0 saturated carbocycles. The highest BCUT2D eigenvalue weighted by atomic mass is 16.3. The molecule has 8 aromatic carbocycles. The Hall–Kier alpha value is -7.57. The lowest BCUT2D eigenvalue weighted by Crippen LogP contribution is -2.00. The van der Waals surface area contributed by atoms with Gasteiger partial charge in [0.25, 0.3) is 0 Å². The smallest absolute Gasteiger partial charge is 0.167 e. The van der Waals surface area contributed by atoms with Crippen molar-refractivity contribution >= 4 is 76.5 Å². The largest absolute Gasteiger partial charge is 0.455 e. The van der Waals surface area contributed by atoms with Crippen LogP contribution in [0.4, 0.5) is 0 Å². The molecule has 0 fully saturated rings. The molecule has 12 rings (SSSR count). The molecule has 0 aliphatic rings. The number of fused-ring (bicyclic) bond motifs is 11. The number of para-hydroxylation sites is 4. The quantitative estimate of drug-likeness (QED) is 0.182. The van der Waals surface area contributed by atoms with E-state index in [9.17, 15) is 0 Å². The van der Waals surface area contributed by atoms with Gasteiger partial charge in [-0.15, -0.1) is 0 Å². The minimum absolute atomic E-state index is 0.538. The van der Waals surface area contributed by atoms with Crippen LogP contribution in [0.2, 0.25) is 0 Å². The van der Waals surface area contributed by atoms with E-state index in [0.717, 1.165) is 77.3 Å². The number of benzene rings is 8. The standard InChI is InChI=1S/C49H28N4O2/c1-2-14-30(15-3-1)47-50-48(52-49(51-47)38-22-10-19-35-33-18-7-9-25-41(33)54-45(35)38)37-21-12-26-42-43(37)36-20-11-24-40(46(36)55-42)53-39-23-8-6-17-32(39)34-28-27-29-13-4-5-16-31(29)44(34)53/h1-28H. The van der Waals surface area contributed by atoms with Crippen molar-refractivity contribution in [2.24, 2.45) is 0 Å². The highest BCUT2D eigenvalue weighted by Crippen LogP contribution is 2.43. The summed E-state index contributed by atoms with van der Waals surface area (Å²) in [4.78, 5) is 15.4. The molecule has 0 radical (unpaired) electrons. The van der Waals surface area contributed by atoms with Crippen LogP contribution in [0.15, 0.2) is 179 Å². The second kappa shape index (κ2) is 11.5. The molecule has 0 aliphatic carbocycles. The van der Waals surface area contributed by atoms with Gasteiger partial charge >= 0.3 is 0 Å². The monoisotopic (exact) mass is 704 g/mol. The van der Waals surface area contributed by atoms with Crippen LogP contribution in [0, 0.1) is 0 Å². The Morgan fingerprint density at radius 2 is 1.02 bits per heavy atom. The van der Waals surface area contributed by atoms with Crippen LogP contribution < -0.4 is 0 Å². The normalized spacial score (nSPS) is 12.0. The van der Waals surface area contributed by atoms with E-state index < -0.39 is 0 Å². The third-order valence-electron chi connectivity index (χ3n) is 10.9. The van der Waals surface area contributed by atoms with Gasteiger partial charge in [0, 0.05) is 48.8 Å². The predicted molar refractivity (Wildman–Crippen MR) is 223 cm³/mol. The number of nitrogens with zero attached hydrogens (tertiary/aromatic N) is 4. The van der Waals surface area contributed by atoms with Crippen molar-refractivity contribution in [1.29, 1.82) is 0 Å². The lowest BCUT2D eigenvalue weighted by Gasteiger charge is -2.11. The maximum atomic E-state index is 6.89. The number of aromatic nitrogens is 4. The molecule has 55 heavy (non-hydrogen) atoms. The van der Waals surface area contributed by atoms with Crippen LogP contribution in [0.5, 0.6) is 0 Å². The second-order valence-electron chi connectivity index (χ2n) is 13.9. The van der Waals surface area contributed by atoms with Crippen molar-refractivity contribution in [2.75, 3.05) is 0 Å². The van der Waals surface area contributed by atoms with Crippen molar-refractivity contribution < 1.29 is 8.83 Å². The van der Waals surface area contributed by atoms with Crippen molar-refractivity contribution in [1.82, 2.24) is 19.5 Å². The van der Waals surface area contributed by atoms with Crippen molar-refractivity contribution in [3.63, 3.8) is 0 Å². The summed E-state index contributed by atoms with van der Waals surface area (Å²) in [5, 5.41) is 8.78. The molecule has 0 amide bonds. The van der Waals surface area contributed by atoms with E-state index in [1.54, 1.807) is 0 Å². The van der Waals surface area contributed by atoms with E-state index in [1.165, 1.54) is 21.5 Å². The minimum Gasteiger partial charge on any atom is -0.455 e. The zero-order valence-corrected chi connectivity index (χ0v) is 29.3. The van der Waals surface area contributed by atoms with E-state index in [4.69, 9.17) is 23.8 Å². The summed E-state index contributed by atoms with van der Waals surface area (Å²) in [6.07, 6.45) is 0. The van der Waals surface area contributed by atoms with Crippen LogP contribution in [0.25, 0.3) is 116 Å². The number of hydrogen-bond donors (Lipinski definition) is 0. The van der Waals surface area contributed by atoms with E-state index in [-0.39, 0.29) is 0 Å². The van der Waals surface area contributed by atoms with Gasteiger partial charge in [-0.3, -0.25) is 0 Å². The zero-order valence-electron chi connectivity index (χ0n) is 29.3. The molecule has 0 unspecified atom stereocenters. The molecule has 256 valence electrons. The summed E-state index contributed by atoms with van der Waals surface area (Å²) in [5.41, 5.74) is 8.93. The molecule has 0 spiro atoms. The van der Waals surface area contributed by atoms with Gasteiger partial charge in [0.1, 0.15) is 16.7 Å². The summed E-state index contributed by atoms with van der Waals surface area (Å²) in [6, 6.07) is 58.5. The lowest BCUT2D eigenvalue weighted by molar-refractivity contribution is 0.666. The van der Waals surface area contributed by atoms with Crippen LogP contribution in [0.3, 0.4) is 0 Å². The maximum absolute atomic E-state index is 6.89. The molecule has 0 N–H and O–H groups in total. The van der Waals surface area contributed by atoms with E-state index >= 15 is 0 Å². The minimum atomic E-state index is 0.538. The molecular formula is C49H28N4O2. The van der Waals surface area contributed by atoms with Gasteiger partial charge in [-0.25, -0.2) is 15.0 Å². The third kappa shape index (κ3) is 4.39. The Balaban J connectivity index is 1.13. The van der Waals surface area contributed by atoms with E-state index in [1.807, 2.05) is 72.8 Å². The van der Waals surface area contributed by atoms with Gasteiger partial charge in [-0.1, -0.05) is 140 Å². The fraction of sp³-hybridized carbons (Fsp3) is 0. The van der Waals surface area contributed by atoms with Gasteiger partial charge in [0.2, 0.25) is 0 Å². The van der Waals surface area contributed by atoms with Crippen LogP contribution in [0.1, 0.15) is 0 Å². The molecule has 0 atom stereocenters. The Kier molecular flexibility index (Phi) is 6.24. The molecule has 0 saturated heterocycles. The van der Waals surface area contributed by atoms with Gasteiger partial charge < -0.3 is 13.4 Å². The maximum Gasteiger partial charge on any atom is 0.167 e. The highest BCUT2D eigenvalue weighted by molar-refractivity contribution is 6.20. The van der Waals surface area contributed by atoms with E-state index in [2.05, 4.69) is 102 Å². The molecule has 4 heterocycles. The average Bonchev–Trinajstić information content (AvgIpc) is 3.94. The van der Waals surface area contributed by atoms with Crippen LogP contribution in [-0.4, -0.2) is 19.5 Å². The first-order valence-corrected chi connectivity index (χ1v) is 18.4. The summed E-state index contributed by atoms with van der Waals surface area (Å²) in [5.74, 6) is 1.67. The summed E-state index contributed by atoms with van der Waals surface area (Å²) >= 11 is 0. The number of hydrogen-bond acceptors (Lipinski definition) is 5. The van der Waals surface area contributed by atoms with Crippen molar-refractivity contribution in [2.45, 2.75) is 0 Å². The molecule has 12 aromatic rings. The first-order chi connectivity index (χ1) is 27.3. The SMILES string of the molecule is c1ccc(-c2nc(-c3cccc4c3oc3ccccc34)nc(-c3cccc4oc5c(-n6c7ccccc7c7ccc8ccccc8c76)cccc5c34)n2)cc1. The molecule has 0 aliphatic heterocycles. The van der Waals surface area contributed by atoms with Gasteiger partial charge in [-0.05, 0) is 35.7 Å². The molecule has 6 nitrogen and oxygen atoms in total. The summed E-state index contributed by atoms with van der Waals surface area (Å²) < 4.78 is 15.7. The summed E-state index contributed by atoms with van der Waals surface area (Å²) in [6.45, 7) is 0. The Morgan fingerprint density at radius 3 is 1.93 bits per heavy atom. The van der Waals surface area contributed by atoms with E-state index in [0.29, 0.717) is 17.5 Å². The van der Waals surface area contributed by atoms with Gasteiger partial charge in [0.05, 0.1) is 22.3 Å². The van der Waals surface area contributed by atoms with Gasteiger partial charge in [-0.2, -0.15) is 0 Å². The summed E-state index contributed by atoms with van der Waals surface area (Å²) in [7, 11) is 0. The lowest BCUT2D eigenvalue weighted by atomic mass is 10.0. The van der Waals surface area contributed by atoms with Crippen LogP contribution in [-0.2, 0) is 0 Å². The molecule has 4 aromatic heterocycles. The third-order valence-corrected chi connectivity index (χ3v) is 10.9. The Bertz CT molecular complexity index is 3500. The topological polar surface area (TPSA) is 69.9 Å². The Labute approximate surface area is 313 Å². The first kappa shape index (κ1) is 29.9. The zero-order chi connectivity index (χ0) is 36.0. The fourth-order valence-corrected chi connectivity index (χ4v) is 8.43. The van der Waals surface area contributed by atoms with Crippen LogP contribution >= 0.6 is 0 Å². The second-order valence-corrected chi connectivity index (χ2v) is 13.9. The number of rotatable bonds is 4. The molecule has 0 bridgehead atoms. The fourth-order valence-electron chi connectivity index (χ4n) is 8.43. The Morgan fingerprint density at radius 1 is 0.382 bits per heavy atom. The predicted octanol–water partition coefficient (Wildman–Crippen LogP) is 12.9. The van der Waals surface area contributed by atoms with Gasteiger partial charge in [0.15, 0.2) is 23.1 Å². The average molecular weight is 705 g/mol. The first-order valence-electron chi connectivity index (χ1n) is 18.4.